The van der Waals surface area contributed by atoms with Crippen molar-refractivity contribution in [3.8, 4) is 0 Å². The molecule has 1 saturated heterocycles. The highest BCUT2D eigenvalue weighted by Crippen LogP contribution is 2.19. The molecule has 1 aliphatic rings. The van der Waals surface area contributed by atoms with Gasteiger partial charge >= 0.3 is 0 Å². The molecule has 6 nitrogen and oxygen atoms in total. The average Bonchev–Trinajstić information content (AvgIpc) is 3.07. The summed E-state index contributed by atoms with van der Waals surface area (Å²) < 4.78 is 53.8. The first kappa shape index (κ1) is 16.7. The predicted octanol–water partition coefficient (Wildman–Crippen LogP) is 1.83. The van der Waals surface area contributed by atoms with Crippen molar-refractivity contribution >= 4 is 16.0 Å². The van der Waals surface area contributed by atoms with E-state index in [1.54, 1.807) is 6.07 Å². The number of hydrogen-bond acceptors (Lipinski definition) is 5. The van der Waals surface area contributed by atoms with Crippen LogP contribution in [0.1, 0.15) is 18.5 Å². The maximum Gasteiger partial charge on any atom is 0.246 e. The van der Waals surface area contributed by atoms with Gasteiger partial charge in [-0.3, -0.25) is 0 Å². The van der Waals surface area contributed by atoms with Crippen molar-refractivity contribution in [1.29, 1.82) is 0 Å². The Morgan fingerprint density at radius 1 is 1.12 bits per heavy atom. The van der Waals surface area contributed by atoms with Gasteiger partial charge in [0.15, 0.2) is 4.90 Å². The number of hydrogen-bond donors (Lipinski definition) is 1. The van der Waals surface area contributed by atoms with Crippen molar-refractivity contribution in [3.63, 3.8) is 0 Å². The first-order valence-electron chi connectivity index (χ1n) is 7.48. The van der Waals surface area contributed by atoms with Crippen LogP contribution in [0.3, 0.4) is 0 Å². The minimum atomic E-state index is -4.33. The van der Waals surface area contributed by atoms with E-state index in [0.29, 0.717) is 11.6 Å². The van der Waals surface area contributed by atoms with Crippen LogP contribution in [0.15, 0.2) is 35.4 Å². The first-order chi connectivity index (χ1) is 11.5. The Bertz CT molecular complexity index is 819. The van der Waals surface area contributed by atoms with Gasteiger partial charge in [0.2, 0.25) is 16.0 Å². The van der Waals surface area contributed by atoms with Gasteiger partial charge in [-0.2, -0.15) is 0 Å². The molecule has 9 heteroatoms. The number of sulfonamides is 1. The van der Waals surface area contributed by atoms with Gasteiger partial charge in [0, 0.05) is 19.3 Å². The van der Waals surface area contributed by atoms with Gasteiger partial charge in [0.05, 0.1) is 12.2 Å². The van der Waals surface area contributed by atoms with E-state index in [0.717, 1.165) is 44.1 Å². The zero-order valence-corrected chi connectivity index (χ0v) is 13.6. The lowest BCUT2D eigenvalue weighted by atomic mass is 10.3. The topological polar surface area (TPSA) is 75.2 Å². The third-order valence-corrected chi connectivity index (χ3v) is 5.17. The van der Waals surface area contributed by atoms with Crippen molar-refractivity contribution in [1.82, 2.24) is 14.7 Å². The van der Waals surface area contributed by atoms with Crippen molar-refractivity contribution in [3.05, 3.63) is 47.8 Å². The number of rotatable bonds is 5. The summed E-state index contributed by atoms with van der Waals surface area (Å²) in [5, 5.41) is 0. The van der Waals surface area contributed by atoms with Gasteiger partial charge in [0.25, 0.3) is 0 Å². The molecule has 0 saturated carbocycles. The predicted molar refractivity (Wildman–Crippen MR) is 83.9 cm³/mol. The maximum absolute atomic E-state index is 13.6. The van der Waals surface area contributed by atoms with Gasteiger partial charge in [-0.05, 0) is 31.0 Å². The molecule has 1 N–H and O–H groups in total. The molecule has 0 spiro atoms. The molecule has 2 aromatic rings. The molecule has 0 bridgehead atoms. The zero-order valence-electron chi connectivity index (χ0n) is 12.7. The second-order valence-corrected chi connectivity index (χ2v) is 7.12. The molecule has 1 aromatic heterocycles. The van der Waals surface area contributed by atoms with Crippen LogP contribution in [0.4, 0.5) is 14.7 Å². The highest BCUT2D eigenvalue weighted by molar-refractivity contribution is 7.89. The number of aromatic nitrogens is 2. The smallest absolute Gasteiger partial charge is 0.246 e. The Balaban J connectivity index is 1.76. The minimum Gasteiger partial charge on any atom is -0.341 e. The number of anilines is 1. The molecule has 128 valence electrons. The third-order valence-electron chi connectivity index (χ3n) is 3.72. The Kier molecular flexibility index (Phi) is 4.72. The fraction of sp³-hybridized carbons (Fsp3) is 0.333. The lowest BCUT2D eigenvalue weighted by Crippen LogP contribution is -2.26. The quantitative estimate of drug-likeness (QED) is 0.887. The lowest BCUT2D eigenvalue weighted by Gasteiger charge is -2.15. The van der Waals surface area contributed by atoms with Crippen molar-refractivity contribution < 1.29 is 17.2 Å². The zero-order chi connectivity index (χ0) is 17.2. The molecule has 0 aliphatic carbocycles. The fourth-order valence-electron chi connectivity index (χ4n) is 2.53. The van der Waals surface area contributed by atoms with Crippen LogP contribution < -0.4 is 9.62 Å². The van der Waals surface area contributed by atoms with Gasteiger partial charge < -0.3 is 4.90 Å². The molecule has 0 amide bonds. The molecule has 1 fully saturated rings. The number of benzene rings is 1. The standard InChI is InChI=1S/C15H16F2N4O2S/c16-12-4-3-5-13(17)14(12)24(22,23)19-10-11-6-7-18-15(20-11)21-8-1-2-9-21/h3-7,19H,1-2,8-10H2. The van der Waals surface area contributed by atoms with Gasteiger partial charge in [0.1, 0.15) is 11.6 Å². The largest absolute Gasteiger partial charge is 0.341 e. The van der Waals surface area contributed by atoms with Gasteiger partial charge in [-0.1, -0.05) is 6.07 Å². The molecular weight excluding hydrogens is 338 g/mol. The number of nitrogens with one attached hydrogen (secondary N) is 1. The number of halogens is 2. The Morgan fingerprint density at radius 2 is 1.79 bits per heavy atom. The highest BCUT2D eigenvalue weighted by atomic mass is 32.2. The van der Waals surface area contributed by atoms with Crippen LogP contribution in [0, 0.1) is 11.6 Å². The summed E-state index contributed by atoms with van der Waals surface area (Å²) in [6.07, 6.45) is 3.66. The van der Waals surface area contributed by atoms with Crippen LogP contribution in [-0.4, -0.2) is 31.5 Å². The monoisotopic (exact) mass is 354 g/mol. The lowest BCUT2D eigenvalue weighted by molar-refractivity contribution is 0.513. The van der Waals surface area contributed by atoms with Crippen molar-refractivity contribution in [2.75, 3.05) is 18.0 Å². The van der Waals surface area contributed by atoms with Crippen LogP contribution in [0.2, 0.25) is 0 Å². The van der Waals surface area contributed by atoms with E-state index in [1.807, 2.05) is 4.90 Å². The summed E-state index contributed by atoms with van der Waals surface area (Å²) >= 11 is 0. The molecule has 0 radical (unpaired) electrons. The van der Waals surface area contributed by atoms with E-state index >= 15 is 0 Å². The molecule has 2 heterocycles. The van der Waals surface area contributed by atoms with E-state index in [9.17, 15) is 17.2 Å². The first-order valence-corrected chi connectivity index (χ1v) is 8.96. The molecule has 0 unspecified atom stereocenters. The van der Waals surface area contributed by atoms with Crippen molar-refractivity contribution in [2.24, 2.45) is 0 Å². The van der Waals surface area contributed by atoms with Gasteiger partial charge in [-0.15, -0.1) is 0 Å². The molecule has 1 aromatic carbocycles. The van der Waals surface area contributed by atoms with E-state index in [2.05, 4.69) is 14.7 Å². The second kappa shape index (κ2) is 6.78. The minimum absolute atomic E-state index is 0.181. The SMILES string of the molecule is O=S(=O)(NCc1ccnc(N2CCCC2)n1)c1c(F)cccc1F. The highest BCUT2D eigenvalue weighted by Gasteiger charge is 2.23. The summed E-state index contributed by atoms with van der Waals surface area (Å²) in [6.45, 7) is 1.53. The van der Waals surface area contributed by atoms with Crippen LogP contribution in [0.5, 0.6) is 0 Å². The summed E-state index contributed by atoms with van der Waals surface area (Å²) in [5.74, 6) is -1.74. The summed E-state index contributed by atoms with van der Waals surface area (Å²) in [5.41, 5.74) is 0.423. The molecule has 24 heavy (non-hydrogen) atoms. The normalized spacial score (nSPS) is 15.0. The van der Waals surface area contributed by atoms with E-state index in [4.69, 9.17) is 0 Å². The van der Waals surface area contributed by atoms with Crippen LogP contribution in [-0.2, 0) is 16.6 Å². The summed E-state index contributed by atoms with van der Waals surface area (Å²) in [4.78, 5) is 9.49. The summed E-state index contributed by atoms with van der Waals surface area (Å²) in [7, 11) is -4.33. The van der Waals surface area contributed by atoms with Crippen molar-refractivity contribution in [2.45, 2.75) is 24.3 Å². The van der Waals surface area contributed by atoms with Gasteiger partial charge in [-0.25, -0.2) is 31.9 Å². The Hall–Kier alpha value is -2.13. The third kappa shape index (κ3) is 3.51. The van der Waals surface area contributed by atoms with Crippen LogP contribution in [0.25, 0.3) is 0 Å². The molecule has 1 aliphatic heterocycles. The molecule has 3 rings (SSSR count). The van der Waals surface area contributed by atoms with E-state index < -0.39 is 26.6 Å². The fourth-order valence-corrected chi connectivity index (χ4v) is 3.66. The Morgan fingerprint density at radius 3 is 2.46 bits per heavy atom. The van der Waals surface area contributed by atoms with E-state index in [-0.39, 0.29) is 6.54 Å². The van der Waals surface area contributed by atoms with Crippen LogP contribution >= 0.6 is 0 Å². The number of nitrogens with zero attached hydrogens (tertiary/aromatic N) is 3. The summed E-state index contributed by atoms with van der Waals surface area (Å²) in [6, 6.07) is 4.46. The maximum atomic E-state index is 13.6. The van der Waals surface area contributed by atoms with E-state index in [1.165, 1.54) is 6.20 Å². The molecule has 0 atom stereocenters. The average molecular weight is 354 g/mol. The molecular formula is C15H16F2N4O2S. The second-order valence-electron chi connectivity index (χ2n) is 5.42. The Labute approximate surface area is 138 Å².